The van der Waals surface area contributed by atoms with Crippen LogP contribution in [0.1, 0.15) is 5.69 Å². The van der Waals surface area contributed by atoms with Gasteiger partial charge in [-0.05, 0) is 90.0 Å². The van der Waals surface area contributed by atoms with Gasteiger partial charge in [-0.2, -0.15) is 0 Å². The minimum atomic E-state index is 0.825. The minimum Gasteiger partial charge on any atom is -0.379 e. The third-order valence-electron chi connectivity index (χ3n) is 9.60. The molecule has 0 aliphatic carbocycles. The fourth-order valence-electron chi connectivity index (χ4n) is 7.39. The Morgan fingerprint density at radius 2 is 1.20 bits per heavy atom. The van der Waals surface area contributed by atoms with Crippen LogP contribution in [-0.2, 0) is 0 Å². The Morgan fingerprint density at radius 1 is 0.500 bits per heavy atom. The van der Waals surface area contributed by atoms with Crippen molar-refractivity contribution in [3.63, 3.8) is 0 Å². The van der Waals surface area contributed by atoms with Crippen molar-refractivity contribution in [2.45, 2.75) is 0 Å². The summed E-state index contributed by atoms with van der Waals surface area (Å²) < 4.78 is 4.64. The molecule has 0 fully saturated rings. The molecular formula is C44H30N6. The fraction of sp³-hybridized carbons (Fsp3) is 0.0227. The van der Waals surface area contributed by atoms with Gasteiger partial charge in [-0.3, -0.25) is 9.97 Å². The lowest BCUT2D eigenvalue weighted by molar-refractivity contribution is 1.10. The van der Waals surface area contributed by atoms with Gasteiger partial charge >= 0.3 is 0 Å². The summed E-state index contributed by atoms with van der Waals surface area (Å²) in [4.78, 5) is 14.6. The summed E-state index contributed by atoms with van der Waals surface area (Å²) in [5, 5.41) is 5.95. The van der Waals surface area contributed by atoms with Crippen LogP contribution >= 0.6 is 0 Å². The van der Waals surface area contributed by atoms with Crippen molar-refractivity contribution in [2.24, 2.45) is 0 Å². The van der Waals surface area contributed by atoms with Gasteiger partial charge in [-0.15, -0.1) is 0 Å². The first-order valence-corrected chi connectivity index (χ1v) is 16.8. The van der Waals surface area contributed by atoms with Gasteiger partial charge in [0.2, 0.25) is 0 Å². The van der Waals surface area contributed by atoms with E-state index in [0.29, 0.717) is 0 Å². The number of nitrogens with one attached hydrogen (secondary N) is 1. The number of para-hydroxylation sites is 2. The predicted octanol–water partition coefficient (Wildman–Crippen LogP) is 10.4. The van der Waals surface area contributed by atoms with E-state index in [2.05, 4.69) is 142 Å². The third kappa shape index (κ3) is 4.54. The summed E-state index contributed by atoms with van der Waals surface area (Å²) in [5.41, 5.74) is 14.6. The third-order valence-corrected chi connectivity index (χ3v) is 9.60. The lowest BCUT2D eigenvalue weighted by Crippen LogP contribution is -2.05. The van der Waals surface area contributed by atoms with E-state index in [1.807, 2.05) is 36.7 Å². The molecule has 50 heavy (non-hydrogen) atoms. The van der Waals surface area contributed by atoms with E-state index in [1.165, 1.54) is 16.6 Å². The van der Waals surface area contributed by atoms with Gasteiger partial charge in [0, 0.05) is 46.6 Å². The second-order valence-electron chi connectivity index (χ2n) is 12.6. The molecule has 10 rings (SSSR count). The highest BCUT2D eigenvalue weighted by atomic mass is 15.0. The van der Waals surface area contributed by atoms with Crippen LogP contribution in [0, 0.1) is 0 Å². The van der Waals surface area contributed by atoms with E-state index in [-0.39, 0.29) is 0 Å². The second-order valence-corrected chi connectivity index (χ2v) is 12.6. The van der Waals surface area contributed by atoms with Crippen molar-refractivity contribution in [2.75, 3.05) is 11.9 Å². The number of hydrogen-bond donors (Lipinski definition) is 1. The van der Waals surface area contributed by atoms with Gasteiger partial charge in [-0.1, -0.05) is 72.8 Å². The van der Waals surface area contributed by atoms with E-state index < -0.39 is 0 Å². The standard InChI is InChI=1S/C44H30N6/c1-3-18-39-34(15-1)43-41(20-9-23-46-43)49(39)32-13-7-11-29(25-32)31-27-37(48-38(28-31)36-17-5-6-22-45-36)30-12-8-14-33(26-30)50-40-19-4-2-16-35(40)44-42(50)21-10-24-47-44/h1-22,24-28,46H,23H2. The van der Waals surface area contributed by atoms with Crippen molar-refractivity contribution in [1.82, 2.24) is 24.1 Å². The highest BCUT2D eigenvalue weighted by molar-refractivity contribution is 6.07. The molecular weight excluding hydrogens is 613 g/mol. The zero-order chi connectivity index (χ0) is 33.0. The molecule has 0 atom stereocenters. The second kappa shape index (κ2) is 11.4. The summed E-state index contributed by atoms with van der Waals surface area (Å²) in [5.74, 6) is 0. The molecule has 6 heteroatoms. The Labute approximate surface area is 288 Å². The summed E-state index contributed by atoms with van der Waals surface area (Å²) in [6.07, 6.45) is 8.09. The van der Waals surface area contributed by atoms with Gasteiger partial charge in [0.1, 0.15) is 0 Å². The molecule has 9 aromatic rings. The number of anilines is 1. The topological polar surface area (TPSA) is 60.6 Å². The first-order valence-electron chi connectivity index (χ1n) is 16.8. The zero-order valence-corrected chi connectivity index (χ0v) is 27.0. The van der Waals surface area contributed by atoms with Crippen LogP contribution in [0.2, 0.25) is 0 Å². The minimum absolute atomic E-state index is 0.825. The molecule has 1 aliphatic heterocycles. The Hall–Kier alpha value is -6.79. The van der Waals surface area contributed by atoms with Gasteiger partial charge in [0.25, 0.3) is 0 Å². The fourth-order valence-corrected chi connectivity index (χ4v) is 7.39. The number of pyridine rings is 3. The monoisotopic (exact) mass is 642 g/mol. The van der Waals surface area contributed by atoms with Crippen LogP contribution in [0.5, 0.6) is 0 Å². The van der Waals surface area contributed by atoms with E-state index >= 15 is 0 Å². The molecule has 0 amide bonds. The number of rotatable bonds is 5. The lowest BCUT2D eigenvalue weighted by Gasteiger charge is -2.15. The molecule has 0 radical (unpaired) electrons. The Kier molecular flexibility index (Phi) is 6.45. The number of aromatic nitrogens is 5. The van der Waals surface area contributed by atoms with Crippen LogP contribution in [-0.4, -0.2) is 30.6 Å². The van der Waals surface area contributed by atoms with Crippen molar-refractivity contribution >= 4 is 44.6 Å². The van der Waals surface area contributed by atoms with Crippen molar-refractivity contribution < 1.29 is 0 Å². The van der Waals surface area contributed by atoms with Crippen LogP contribution in [0.25, 0.3) is 84.1 Å². The van der Waals surface area contributed by atoms with Crippen molar-refractivity contribution in [3.8, 4) is 45.1 Å². The lowest BCUT2D eigenvalue weighted by atomic mass is 10.0. The molecule has 6 heterocycles. The van der Waals surface area contributed by atoms with E-state index in [9.17, 15) is 0 Å². The largest absolute Gasteiger partial charge is 0.379 e. The molecule has 1 aliphatic rings. The molecule has 5 aromatic heterocycles. The SMILES string of the molecule is C1=Cc2c(c3ccccc3n2-c2cccc(-c3cc(-c4cccc(-n5c6ccccc6c6ncccc65)c4)nc(-c4ccccn4)c3)c2)NC1. The van der Waals surface area contributed by atoms with E-state index in [4.69, 9.17) is 15.0 Å². The molecule has 0 saturated heterocycles. The average molecular weight is 643 g/mol. The van der Waals surface area contributed by atoms with Crippen molar-refractivity contribution in [3.05, 3.63) is 164 Å². The van der Waals surface area contributed by atoms with Crippen LogP contribution in [0.15, 0.2) is 158 Å². The zero-order valence-electron chi connectivity index (χ0n) is 27.0. The molecule has 0 bridgehead atoms. The number of hydrogen-bond acceptors (Lipinski definition) is 4. The smallest absolute Gasteiger partial charge is 0.0963 e. The molecule has 1 N–H and O–H groups in total. The van der Waals surface area contributed by atoms with Gasteiger partial charge in [0.05, 0.1) is 50.5 Å². The normalized spacial score (nSPS) is 12.4. The summed E-state index contributed by atoms with van der Waals surface area (Å²) in [6, 6.07) is 48.9. The predicted molar refractivity (Wildman–Crippen MR) is 205 cm³/mol. The molecule has 236 valence electrons. The Morgan fingerprint density at radius 3 is 2.06 bits per heavy atom. The number of benzene rings is 4. The van der Waals surface area contributed by atoms with Gasteiger partial charge < -0.3 is 14.5 Å². The van der Waals surface area contributed by atoms with Crippen LogP contribution < -0.4 is 5.32 Å². The van der Waals surface area contributed by atoms with Gasteiger partial charge in [0.15, 0.2) is 0 Å². The van der Waals surface area contributed by atoms with Gasteiger partial charge in [-0.25, -0.2) is 4.98 Å². The molecule has 0 spiro atoms. The summed E-state index contributed by atoms with van der Waals surface area (Å²) in [7, 11) is 0. The van der Waals surface area contributed by atoms with Crippen molar-refractivity contribution in [1.29, 1.82) is 0 Å². The Balaban J connectivity index is 1.15. The first-order chi connectivity index (χ1) is 24.8. The molecule has 6 nitrogen and oxygen atoms in total. The van der Waals surface area contributed by atoms with Crippen LogP contribution in [0.4, 0.5) is 5.69 Å². The van der Waals surface area contributed by atoms with Crippen LogP contribution in [0.3, 0.4) is 0 Å². The number of nitrogens with zero attached hydrogens (tertiary/aromatic N) is 5. The maximum atomic E-state index is 5.21. The Bertz CT molecular complexity index is 2720. The summed E-state index contributed by atoms with van der Waals surface area (Å²) >= 11 is 0. The molecule has 0 saturated carbocycles. The average Bonchev–Trinajstić information content (AvgIpc) is 3.71. The van der Waals surface area contributed by atoms with E-state index in [1.54, 1.807) is 0 Å². The summed E-state index contributed by atoms with van der Waals surface area (Å²) in [6.45, 7) is 0.825. The maximum absolute atomic E-state index is 5.21. The quantitative estimate of drug-likeness (QED) is 0.203. The molecule has 4 aromatic carbocycles. The first kappa shape index (κ1) is 28.2. The molecule has 0 unspecified atom stereocenters. The highest BCUT2D eigenvalue weighted by Gasteiger charge is 2.19. The highest BCUT2D eigenvalue weighted by Crippen LogP contribution is 2.38. The maximum Gasteiger partial charge on any atom is 0.0963 e. The van der Waals surface area contributed by atoms with E-state index in [0.717, 1.165) is 79.3 Å². The number of fused-ring (bicyclic) bond motifs is 6.